The van der Waals surface area contributed by atoms with Crippen molar-refractivity contribution in [3.05, 3.63) is 88.0 Å². The van der Waals surface area contributed by atoms with Crippen LogP contribution >= 0.6 is 0 Å². The topological polar surface area (TPSA) is 99.3 Å². The Morgan fingerprint density at radius 2 is 1.96 bits per heavy atom. The lowest BCUT2D eigenvalue weighted by Crippen LogP contribution is -2.23. The summed E-state index contributed by atoms with van der Waals surface area (Å²) in [5.41, 5.74) is 2.37. The number of carbonyl (C=O) groups excluding carboxylic acids is 1. The van der Waals surface area contributed by atoms with Gasteiger partial charge in [-0.3, -0.25) is 14.9 Å². The highest BCUT2D eigenvalue weighted by atomic mass is 16.6. The Morgan fingerprint density at radius 3 is 2.59 bits per heavy atom. The van der Waals surface area contributed by atoms with Gasteiger partial charge in [-0.25, -0.2) is 4.98 Å². The molecule has 0 aliphatic carbocycles. The molecule has 0 aliphatic heterocycles. The standard InChI is InChI=1S/C19H18N4O4/c1-27-12-15-4-2-14(3-5-15)11-21-19(24)16-6-7-17(18(10-16)23(25)26)22-9-8-20-13-22/h2-10,13H,11-12H2,1H3,(H,21,24). The molecule has 0 saturated heterocycles. The number of methoxy groups -OCH3 is 1. The van der Waals surface area contributed by atoms with Gasteiger partial charge in [0.25, 0.3) is 11.6 Å². The number of nitro groups is 1. The largest absolute Gasteiger partial charge is 0.380 e. The molecule has 8 heteroatoms. The monoisotopic (exact) mass is 366 g/mol. The number of rotatable bonds is 7. The summed E-state index contributed by atoms with van der Waals surface area (Å²) in [6.07, 6.45) is 4.60. The predicted molar refractivity (Wildman–Crippen MR) is 98.5 cm³/mol. The average molecular weight is 366 g/mol. The SMILES string of the molecule is COCc1ccc(CNC(=O)c2ccc(-n3ccnc3)c([N+](=O)[O-])c2)cc1. The van der Waals surface area contributed by atoms with E-state index in [1.54, 1.807) is 19.4 Å². The first-order valence-electron chi connectivity index (χ1n) is 8.20. The molecule has 0 saturated carbocycles. The number of ether oxygens (including phenoxy) is 1. The Hall–Kier alpha value is -3.52. The number of nitrogens with one attached hydrogen (secondary N) is 1. The molecule has 0 atom stereocenters. The Kier molecular flexibility index (Phi) is 5.58. The number of hydrogen-bond donors (Lipinski definition) is 1. The molecule has 8 nitrogen and oxygen atoms in total. The second-order valence-electron chi connectivity index (χ2n) is 5.86. The lowest BCUT2D eigenvalue weighted by atomic mass is 10.1. The number of benzene rings is 2. The molecular weight excluding hydrogens is 348 g/mol. The van der Waals surface area contributed by atoms with Gasteiger partial charge in [-0.2, -0.15) is 0 Å². The van der Waals surface area contributed by atoms with Gasteiger partial charge < -0.3 is 14.6 Å². The van der Waals surface area contributed by atoms with E-state index in [2.05, 4.69) is 10.3 Å². The molecule has 0 spiro atoms. The van der Waals surface area contributed by atoms with Crippen LogP contribution in [0.15, 0.2) is 61.2 Å². The summed E-state index contributed by atoms with van der Waals surface area (Å²) < 4.78 is 6.59. The van der Waals surface area contributed by atoms with Gasteiger partial charge in [0, 0.05) is 37.7 Å². The second kappa shape index (κ2) is 8.24. The van der Waals surface area contributed by atoms with Gasteiger partial charge in [0.1, 0.15) is 5.69 Å². The van der Waals surface area contributed by atoms with Gasteiger partial charge >= 0.3 is 0 Å². The molecule has 2 aromatic carbocycles. The number of imidazole rings is 1. The van der Waals surface area contributed by atoms with Crippen molar-refractivity contribution in [2.75, 3.05) is 7.11 Å². The zero-order chi connectivity index (χ0) is 19.2. The van der Waals surface area contributed by atoms with Gasteiger partial charge in [-0.15, -0.1) is 0 Å². The van der Waals surface area contributed by atoms with Crippen LogP contribution in [0.25, 0.3) is 5.69 Å². The lowest BCUT2D eigenvalue weighted by molar-refractivity contribution is -0.384. The summed E-state index contributed by atoms with van der Waals surface area (Å²) in [4.78, 5) is 27.2. The lowest BCUT2D eigenvalue weighted by Gasteiger charge is -2.08. The zero-order valence-corrected chi connectivity index (χ0v) is 14.7. The average Bonchev–Trinajstić information content (AvgIpc) is 3.21. The van der Waals surface area contributed by atoms with Crippen molar-refractivity contribution in [3.63, 3.8) is 0 Å². The third-order valence-corrected chi connectivity index (χ3v) is 4.00. The van der Waals surface area contributed by atoms with Gasteiger partial charge in [0.05, 0.1) is 17.9 Å². The van der Waals surface area contributed by atoms with E-state index in [4.69, 9.17) is 4.74 Å². The summed E-state index contributed by atoms with van der Waals surface area (Å²) in [5, 5.41) is 14.2. The van der Waals surface area contributed by atoms with Gasteiger partial charge in [0.15, 0.2) is 0 Å². The minimum Gasteiger partial charge on any atom is -0.380 e. The normalized spacial score (nSPS) is 10.6. The van der Waals surface area contributed by atoms with Crippen LogP contribution in [0.4, 0.5) is 5.69 Å². The van der Waals surface area contributed by atoms with Crippen LogP contribution in [0.3, 0.4) is 0 Å². The van der Waals surface area contributed by atoms with Crippen LogP contribution < -0.4 is 5.32 Å². The fourth-order valence-electron chi connectivity index (χ4n) is 2.64. The van der Waals surface area contributed by atoms with E-state index < -0.39 is 4.92 Å². The highest BCUT2D eigenvalue weighted by Gasteiger charge is 2.18. The van der Waals surface area contributed by atoms with Crippen molar-refractivity contribution in [3.8, 4) is 5.69 Å². The van der Waals surface area contributed by atoms with Crippen LogP contribution in [0.2, 0.25) is 0 Å². The molecule has 1 heterocycles. The minimum absolute atomic E-state index is 0.162. The van der Waals surface area contributed by atoms with E-state index in [1.807, 2.05) is 24.3 Å². The first kappa shape index (κ1) is 18.3. The quantitative estimate of drug-likeness (QED) is 0.512. The molecular formula is C19H18N4O4. The number of hydrogen-bond acceptors (Lipinski definition) is 5. The van der Waals surface area contributed by atoms with E-state index in [9.17, 15) is 14.9 Å². The van der Waals surface area contributed by atoms with Crippen LogP contribution in [0.1, 0.15) is 21.5 Å². The molecule has 0 bridgehead atoms. The van der Waals surface area contributed by atoms with Crippen LogP contribution in [-0.2, 0) is 17.9 Å². The summed E-state index contributed by atoms with van der Waals surface area (Å²) in [7, 11) is 1.63. The molecule has 0 aliphatic rings. The number of carbonyl (C=O) groups is 1. The molecule has 0 radical (unpaired) electrons. The highest BCUT2D eigenvalue weighted by molar-refractivity contribution is 5.95. The zero-order valence-electron chi connectivity index (χ0n) is 14.7. The number of amides is 1. The van der Waals surface area contributed by atoms with Gasteiger partial charge in [0.2, 0.25) is 0 Å². The van der Waals surface area contributed by atoms with Crippen LogP contribution in [0, 0.1) is 10.1 Å². The van der Waals surface area contributed by atoms with E-state index in [0.717, 1.165) is 11.1 Å². The first-order chi connectivity index (χ1) is 13.1. The molecule has 27 heavy (non-hydrogen) atoms. The van der Waals surface area contributed by atoms with E-state index >= 15 is 0 Å². The maximum Gasteiger partial charge on any atom is 0.294 e. The number of nitro benzene ring substituents is 1. The predicted octanol–water partition coefficient (Wildman–Crippen LogP) is 2.86. The minimum atomic E-state index is -0.513. The Bertz CT molecular complexity index is 937. The number of aromatic nitrogens is 2. The third kappa shape index (κ3) is 4.36. The Labute approximate surface area is 155 Å². The van der Waals surface area contributed by atoms with Crippen molar-refractivity contribution in [2.24, 2.45) is 0 Å². The van der Waals surface area contributed by atoms with E-state index in [-0.39, 0.29) is 17.2 Å². The summed E-state index contributed by atoms with van der Waals surface area (Å²) in [5.74, 6) is -0.378. The molecule has 1 amide bonds. The first-order valence-corrected chi connectivity index (χ1v) is 8.20. The molecule has 3 aromatic rings. The van der Waals surface area contributed by atoms with Crippen LogP contribution in [-0.4, -0.2) is 27.5 Å². The third-order valence-electron chi connectivity index (χ3n) is 4.00. The van der Waals surface area contributed by atoms with Crippen LogP contribution in [0.5, 0.6) is 0 Å². The molecule has 1 N–H and O–H groups in total. The van der Waals surface area contributed by atoms with Crippen molar-refractivity contribution >= 4 is 11.6 Å². The Balaban J connectivity index is 1.73. The van der Waals surface area contributed by atoms with Crippen molar-refractivity contribution in [2.45, 2.75) is 13.2 Å². The summed E-state index contributed by atoms with van der Waals surface area (Å²) in [6, 6.07) is 12.0. The van der Waals surface area contributed by atoms with Crippen molar-refractivity contribution < 1.29 is 14.5 Å². The van der Waals surface area contributed by atoms with Crippen molar-refractivity contribution in [1.29, 1.82) is 0 Å². The number of nitrogens with zero attached hydrogens (tertiary/aromatic N) is 3. The van der Waals surface area contributed by atoms with Gasteiger partial charge in [-0.1, -0.05) is 24.3 Å². The maximum atomic E-state index is 12.4. The highest BCUT2D eigenvalue weighted by Crippen LogP contribution is 2.24. The molecule has 0 fully saturated rings. The van der Waals surface area contributed by atoms with Crippen molar-refractivity contribution in [1.82, 2.24) is 14.9 Å². The van der Waals surface area contributed by atoms with E-state index in [1.165, 1.54) is 29.2 Å². The van der Waals surface area contributed by atoms with Gasteiger partial charge in [-0.05, 0) is 23.3 Å². The fourth-order valence-corrected chi connectivity index (χ4v) is 2.64. The molecule has 138 valence electrons. The Morgan fingerprint density at radius 1 is 1.22 bits per heavy atom. The smallest absolute Gasteiger partial charge is 0.294 e. The summed E-state index contributed by atoms with van der Waals surface area (Å²) >= 11 is 0. The molecule has 3 rings (SSSR count). The molecule has 1 aromatic heterocycles. The molecule has 0 unspecified atom stereocenters. The fraction of sp³-hybridized carbons (Fsp3) is 0.158. The second-order valence-corrected chi connectivity index (χ2v) is 5.86. The maximum absolute atomic E-state index is 12.4. The summed E-state index contributed by atoms with van der Waals surface area (Å²) in [6.45, 7) is 0.850. The van der Waals surface area contributed by atoms with E-state index in [0.29, 0.717) is 18.8 Å².